The molecule has 5 rings (SSSR count). The minimum Gasteiger partial charge on any atom is -0.444 e. The van der Waals surface area contributed by atoms with Crippen molar-refractivity contribution in [2.45, 2.75) is 43.3 Å². The fraction of sp³-hybridized carbons (Fsp3) is 0.190. The molecule has 12 heteroatoms. The molecule has 8 nitrogen and oxygen atoms in total. The van der Waals surface area contributed by atoms with Crippen molar-refractivity contribution in [2.75, 3.05) is 16.4 Å². The molecule has 5 aromatic carbocycles. The van der Waals surface area contributed by atoms with Crippen molar-refractivity contribution in [2.24, 2.45) is 0 Å². The Morgan fingerprint density at radius 2 is 1.15 bits per heavy atom. The lowest BCUT2D eigenvalue weighted by atomic mass is 9.84. The lowest BCUT2D eigenvalue weighted by molar-refractivity contribution is -0.167. The van der Waals surface area contributed by atoms with E-state index in [2.05, 4.69) is 10.6 Å². The highest BCUT2D eigenvalue weighted by Crippen LogP contribution is 2.48. The molecule has 0 heterocycles. The first kappa shape index (κ1) is 39.3. The van der Waals surface area contributed by atoms with E-state index in [1.807, 2.05) is 91.0 Å². The number of halogens is 3. The number of hydrogen-bond acceptors (Lipinski definition) is 6. The number of carbonyl (C=O) groups excluding carboxylic acids is 4. The molecule has 3 N–H and O–H groups in total. The van der Waals surface area contributed by atoms with Gasteiger partial charge in [0.05, 0.1) is 10.4 Å². The Hall–Kier alpha value is -5.88. The Morgan fingerprint density at radius 3 is 1.61 bits per heavy atom. The zero-order valence-electron chi connectivity index (χ0n) is 29.6. The Bertz CT molecular complexity index is 1980. The highest BCUT2D eigenvalue weighted by Gasteiger charge is 2.40. The second-order valence-electron chi connectivity index (χ2n) is 13.2. The van der Waals surface area contributed by atoms with Crippen molar-refractivity contribution >= 4 is 46.8 Å². The highest BCUT2D eigenvalue weighted by atomic mass is 32.2. The number of amides is 3. The van der Waals surface area contributed by atoms with Crippen molar-refractivity contribution in [3.63, 3.8) is 0 Å². The Kier molecular flexibility index (Phi) is 12.3. The number of nitrogens with one attached hydrogen (secondary N) is 3. The van der Waals surface area contributed by atoms with Crippen LogP contribution in [0.3, 0.4) is 0 Å². The summed E-state index contributed by atoms with van der Waals surface area (Å²) in [6.45, 7) is 5.06. The van der Waals surface area contributed by atoms with Gasteiger partial charge in [-0.3, -0.25) is 14.4 Å². The molecule has 0 aliphatic heterocycles. The van der Waals surface area contributed by atoms with Crippen molar-refractivity contribution in [3.8, 4) is 0 Å². The van der Waals surface area contributed by atoms with Crippen LogP contribution in [0.2, 0.25) is 0 Å². The van der Waals surface area contributed by atoms with Gasteiger partial charge in [-0.05, 0) is 55.7 Å². The van der Waals surface area contributed by atoms with Crippen molar-refractivity contribution in [3.05, 3.63) is 167 Å². The molecular formula is C42H38F3N3O5S. The van der Waals surface area contributed by atoms with E-state index in [9.17, 15) is 32.3 Å². The number of alkyl halides is 3. The smallest absolute Gasteiger partial charge is 0.444 e. The summed E-state index contributed by atoms with van der Waals surface area (Å²) in [6.07, 6.45) is -6.06. The minimum absolute atomic E-state index is 0.0132. The van der Waals surface area contributed by atoms with Crippen LogP contribution in [0, 0.1) is 0 Å². The summed E-state index contributed by atoms with van der Waals surface area (Å²) in [6, 6.07) is 39.3. The average Bonchev–Trinajstić information content (AvgIpc) is 3.15. The number of alkyl carbamates (subject to hydrolysis) is 1. The quantitative estimate of drug-likeness (QED) is 0.0867. The lowest BCUT2D eigenvalue weighted by Crippen LogP contribution is -2.48. The molecule has 278 valence electrons. The molecule has 0 aliphatic rings. The molecule has 3 amide bonds. The molecule has 0 aromatic heterocycles. The summed E-state index contributed by atoms with van der Waals surface area (Å²) in [5.74, 6) is -3.64. The molecule has 1 atom stereocenters. The van der Waals surface area contributed by atoms with E-state index in [1.54, 1.807) is 44.3 Å². The molecule has 0 saturated carbocycles. The number of carbonyl (C=O) groups is 4. The maximum Gasteiger partial charge on any atom is 0.471 e. The summed E-state index contributed by atoms with van der Waals surface area (Å²) in [4.78, 5) is 52.8. The van der Waals surface area contributed by atoms with Crippen LogP contribution in [0.5, 0.6) is 0 Å². The number of thioether (sulfide) groups is 1. The van der Waals surface area contributed by atoms with E-state index in [-0.39, 0.29) is 22.6 Å². The van der Waals surface area contributed by atoms with Crippen molar-refractivity contribution < 1.29 is 37.1 Å². The summed E-state index contributed by atoms with van der Waals surface area (Å²) >= 11 is 1.41. The second-order valence-corrected chi connectivity index (χ2v) is 14.4. The van der Waals surface area contributed by atoms with Gasteiger partial charge >= 0.3 is 18.2 Å². The van der Waals surface area contributed by atoms with Crippen LogP contribution in [0.25, 0.3) is 0 Å². The number of ether oxygens (including phenoxy) is 1. The number of anilines is 2. The predicted molar refractivity (Wildman–Crippen MR) is 204 cm³/mol. The number of rotatable bonds is 12. The van der Waals surface area contributed by atoms with Gasteiger partial charge in [-0.15, -0.1) is 11.8 Å². The highest BCUT2D eigenvalue weighted by molar-refractivity contribution is 8.00. The normalized spacial score (nSPS) is 12.3. The standard InChI is InChI=1S/C42H38F3N3O5S/c1-40(2,3)53-39(52)48-35(27-54-41(29-18-10-5-11-19-29,30-20-12-6-13-21-30)31-22-14-7-15-23-31)37(50)46-32-24-25-34(47-38(51)42(43,44)45)33(26-32)36(49)28-16-8-4-9-17-28/h4-26,35H,27H2,1-3H3,(H,46,50)(H,47,51)(H,48,52)/t35-/m0/s1. The average molecular weight is 754 g/mol. The van der Waals surface area contributed by atoms with Gasteiger partial charge in [-0.25, -0.2) is 4.79 Å². The molecule has 0 radical (unpaired) electrons. The first-order valence-electron chi connectivity index (χ1n) is 16.9. The van der Waals surface area contributed by atoms with Gasteiger partial charge in [0.1, 0.15) is 11.6 Å². The van der Waals surface area contributed by atoms with E-state index in [1.165, 1.54) is 36.0 Å². The maximum atomic E-state index is 14.2. The molecule has 0 bridgehead atoms. The van der Waals surface area contributed by atoms with Gasteiger partial charge < -0.3 is 20.7 Å². The van der Waals surface area contributed by atoms with Crippen LogP contribution in [-0.2, 0) is 19.1 Å². The van der Waals surface area contributed by atoms with Crippen LogP contribution >= 0.6 is 11.8 Å². The zero-order chi connectivity index (χ0) is 38.9. The Balaban J connectivity index is 1.53. The van der Waals surface area contributed by atoms with E-state index < -0.39 is 51.9 Å². The topological polar surface area (TPSA) is 114 Å². The largest absolute Gasteiger partial charge is 0.471 e. The van der Waals surface area contributed by atoms with Crippen molar-refractivity contribution in [1.29, 1.82) is 0 Å². The number of benzene rings is 5. The summed E-state index contributed by atoms with van der Waals surface area (Å²) in [5, 5.41) is 7.17. The van der Waals surface area contributed by atoms with Crippen LogP contribution < -0.4 is 16.0 Å². The molecular weight excluding hydrogens is 716 g/mol. The molecule has 0 fully saturated rings. The first-order chi connectivity index (χ1) is 25.7. The van der Waals surface area contributed by atoms with Gasteiger partial charge in [-0.1, -0.05) is 121 Å². The van der Waals surface area contributed by atoms with E-state index in [0.29, 0.717) is 0 Å². The van der Waals surface area contributed by atoms with Crippen LogP contribution in [-0.4, -0.2) is 47.3 Å². The molecule has 0 saturated heterocycles. The third-order valence-corrected chi connectivity index (χ3v) is 9.73. The third-order valence-electron chi connectivity index (χ3n) is 8.09. The summed E-state index contributed by atoms with van der Waals surface area (Å²) in [7, 11) is 0. The van der Waals surface area contributed by atoms with Crippen molar-refractivity contribution in [1.82, 2.24) is 5.32 Å². The van der Waals surface area contributed by atoms with E-state index in [0.717, 1.165) is 22.8 Å². The van der Waals surface area contributed by atoms with Gasteiger partial charge in [0.2, 0.25) is 5.91 Å². The molecule has 0 aliphatic carbocycles. The number of ketones is 1. The van der Waals surface area contributed by atoms with Crippen LogP contribution in [0.1, 0.15) is 53.4 Å². The van der Waals surface area contributed by atoms with Gasteiger partial charge in [-0.2, -0.15) is 13.2 Å². The second kappa shape index (κ2) is 16.9. The third kappa shape index (κ3) is 9.75. The zero-order valence-corrected chi connectivity index (χ0v) is 30.5. The predicted octanol–water partition coefficient (Wildman–Crippen LogP) is 8.98. The molecule has 0 spiro atoms. The minimum atomic E-state index is -5.22. The number of hydrogen-bond donors (Lipinski definition) is 3. The first-order valence-corrected chi connectivity index (χ1v) is 17.9. The fourth-order valence-electron chi connectivity index (χ4n) is 5.70. The van der Waals surface area contributed by atoms with E-state index in [4.69, 9.17) is 4.74 Å². The molecule has 0 unspecified atom stereocenters. The Labute approximate surface area is 315 Å². The maximum absolute atomic E-state index is 14.2. The van der Waals surface area contributed by atoms with Gasteiger partial charge in [0, 0.05) is 22.6 Å². The summed E-state index contributed by atoms with van der Waals surface area (Å²) < 4.78 is 44.3. The van der Waals surface area contributed by atoms with Gasteiger partial charge in [0.25, 0.3) is 0 Å². The molecule has 54 heavy (non-hydrogen) atoms. The monoisotopic (exact) mass is 753 g/mol. The van der Waals surface area contributed by atoms with Crippen LogP contribution in [0.15, 0.2) is 140 Å². The van der Waals surface area contributed by atoms with Crippen LogP contribution in [0.4, 0.5) is 29.3 Å². The van der Waals surface area contributed by atoms with E-state index >= 15 is 0 Å². The SMILES string of the molecule is CC(C)(C)OC(=O)N[C@@H](CSC(c1ccccc1)(c1ccccc1)c1ccccc1)C(=O)Nc1ccc(NC(=O)C(F)(F)F)c(C(=O)c2ccccc2)c1. The Morgan fingerprint density at radius 1 is 0.667 bits per heavy atom. The molecule has 5 aromatic rings. The lowest BCUT2D eigenvalue weighted by Gasteiger charge is -2.36. The summed E-state index contributed by atoms with van der Waals surface area (Å²) in [5.41, 5.74) is 1.36. The van der Waals surface area contributed by atoms with Gasteiger partial charge in [0.15, 0.2) is 5.78 Å². The fourth-order valence-corrected chi connectivity index (χ4v) is 7.26.